The van der Waals surface area contributed by atoms with Crippen LogP contribution >= 0.6 is 12.2 Å². The minimum atomic E-state index is -5.03. The maximum Gasteiger partial charge on any atom is 0.434 e. The summed E-state index contributed by atoms with van der Waals surface area (Å²) in [4.78, 5) is 15.0. The van der Waals surface area contributed by atoms with Crippen molar-refractivity contribution >= 4 is 23.1 Å². The lowest BCUT2D eigenvalue weighted by Crippen LogP contribution is -2.25. The molecule has 1 heterocycles. The Balaban J connectivity index is 4.03. The van der Waals surface area contributed by atoms with Gasteiger partial charge in [-0.15, -0.1) is 0 Å². The topological polar surface area (TPSA) is 65.2 Å². The van der Waals surface area contributed by atoms with E-state index >= 15 is 0 Å². The second-order valence-electron chi connectivity index (χ2n) is 5.92. The number of thiocarbonyl (C=S) groups is 1. The van der Waals surface area contributed by atoms with Crippen LogP contribution in [0.4, 0.5) is 22.0 Å². The highest BCUT2D eigenvalue weighted by Gasteiger charge is 2.41. The number of nitrogens with two attached hydrogens (primary N) is 1. The van der Waals surface area contributed by atoms with Crippen LogP contribution in [0.15, 0.2) is 0 Å². The molecule has 0 unspecified atom stereocenters. The minimum Gasteiger partial charge on any atom is -0.465 e. The summed E-state index contributed by atoms with van der Waals surface area (Å²) in [6.45, 7) is 3.31. The summed E-state index contributed by atoms with van der Waals surface area (Å²) < 4.78 is 71.8. The first kappa shape index (κ1) is 22.4. The van der Waals surface area contributed by atoms with Crippen LogP contribution in [0.3, 0.4) is 0 Å². The minimum absolute atomic E-state index is 0.0403. The predicted molar refractivity (Wildman–Crippen MR) is 89.4 cm³/mol. The van der Waals surface area contributed by atoms with Gasteiger partial charge in [-0.25, -0.2) is 18.6 Å². The van der Waals surface area contributed by atoms with Gasteiger partial charge in [0, 0.05) is 10.4 Å². The van der Waals surface area contributed by atoms with Crippen LogP contribution in [0, 0.1) is 5.92 Å². The van der Waals surface area contributed by atoms with Crippen molar-refractivity contribution in [3.05, 3.63) is 28.1 Å². The fourth-order valence-corrected chi connectivity index (χ4v) is 2.85. The van der Waals surface area contributed by atoms with Gasteiger partial charge in [0.1, 0.15) is 5.69 Å². The zero-order chi connectivity index (χ0) is 20.2. The van der Waals surface area contributed by atoms with Crippen LogP contribution < -0.4 is 5.73 Å². The molecule has 4 nitrogen and oxygen atoms in total. The number of pyridine rings is 1. The summed E-state index contributed by atoms with van der Waals surface area (Å²) in [7, 11) is 0.951. The summed E-state index contributed by atoms with van der Waals surface area (Å²) in [6, 6.07) is 0. The quantitative estimate of drug-likeness (QED) is 0.324. The molecular formula is C16H19F5N2O2S. The zero-order valence-corrected chi connectivity index (χ0v) is 15.2. The molecule has 0 radical (unpaired) electrons. The molecule has 0 spiro atoms. The zero-order valence-electron chi connectivity index (χ0n) is 14.4. The smallest absolute Gasteiger partial charge is 0.434 e. The van der Waals surface area contributed by atoms with Gasteiger partial charge in [0.05, 0.1) is 12.7 Å². The van der Waals surface area contributed by atoms with Crippen molar-refractivity contribution in [1.82, 2.24) is 4.98 Å². The molecule has 0 saturated carbocycles. The third-order valence-electron chi connectivity index (χ3n) is 3.46. The SMILES string of the molecule is COC(=O)c1c(C(F)F)nc(C(F)(F)F)c(C(=S)CCN)c1CC(C)C. The molecule has 0 atom stereocenters. The number of carbonyl (C=O) groups excluding carboxylic acids is 1. The number of methoxy groups -OCH3 is 1. The van der Waals surface area contributed by atoms with E-state index in [0.29, 0.717) is 0 Å². The number of halogens is 5. The van der Waals surface area contributed by atoms with Gasteiger partial charge < -0.3 is 10.5 Å². The van der Waals surface area contributed by atoms with E-state index in [4.69, 9.17) is 18.0 Å². The van der Waals surface area contributed by atoms with E-state index in [1.165, 1.54) is 0 Å². The van der Waals surface area contributed by atoms with E-state index in [9.17, 15) is 26.7 Å². The van der Waals surface area contributed by atoms with Crippen molar-refractivity contribution in [2.75, 3.05) is 13.7 Å². The first-order valence-corrected chi connectivity index (χ1v) is 8.10. The summed E-state index contributed by atoms with van der Waals surface area (Å²) in [5.74, 6) is -1.43. The molecule has 0 amide bonds. The summed E-state index contributed by atoms with van der Waals surface area (Å²) in [5.41, 5.74) is 1.15. The molecule has 0 aliphatic carbocycles. The van der Waals surface area contributed by atoms with E-state index in [0.717, 1.165) is 7.11 Å². The van der Waals surface area contributed by atoms with E-state index in [2.05, 4.69) is 9.72 Å². The number of ether oxygens (including phenoxy) is 1. The summed E-state index contributed by atoms with van der Waals surface area (Å²) in [6.07, 6.45) is -8.60. The first-order chi connectivity index (χ1) is 11.9. The Morgan fingerprint density at radius 3 is 2.23 bits per heavy atom. The number of rotatable bonds is 7. The van der Waals surface area contributed by atoms with Crippen LogP contribution in [-0.2, 0) is 17.3 Å². The Morgan fingerprint density at radius 1 is 1.27 bits per heavy atom. The lowest BCUT2D eigenvalue weighted by atomic mass is 9.89. The van der Waals surface area contributed by atoms with Crippen LogP contribution in [0.2, 0.25) is 0 Å². The highest BCUT2D eigenvalue weighted by molar-refractivity contribution is 7.80. The van der Waals surface area contributed by atoms with Gasteiger partial charge >= 0.3 is 12.1 Å². The first-order valence-electron chi connectivity index (χ1n) is 7.69. The van der Waals surface area contributed by atoms with Gasteiger partial charge in [-0.1, -0.05) is 26.1 Å². The Kier molecular flexibility index (Phi) is 7.57. The van der Waals surface area contributed by atoms with Crippen LogP contribution in [0.25, 0.3) is 0 Å². The van der Waals surface area contributed by atoms with Crippen molar-refractivity contribution in [2.24, 2.45) is 11.7 Å². The van der Waals surface area contributed by atoms with Crippen LogP contribution in [0.5, 0.6) is 0 Å². The molecule has 0 aromatic carbocycles. The molecule has 0 aliphatic rings. The molecule has 1 rings (SSSR count). The molecule has 2 N–H and O–H groups in total. The molecule has 0 bridgehead atoms. The van der Waals surface area contributed by atoms with Crippen molar-refractivity contribution < 1.29 is 31.5 Å². The number of carbonyl (C=O) groups is 1. The molecule has 1 aromatic rings. The number of alkyl halides is 5. The van der Waals surface area contributed by atoms with Gasteiger partial charge in [-0.3, -0.25) is 0 Å². The lowest BCUT2D eigenvalue weighted by molar-refractivity contribution is -0.141. The van der Waals surface area contributed by atoms with E-state index < -0.39 is 41.1 Å². The monoisotopic (exact) mass is 398 g/mol. The standard InChI is InChI=1S/C16H19F5N2O2S/c1-7(2)6-8-10(9(26)4-5-22)13(16(19,20)21)23-12(14(17)18)11(8)15(24)25-3/h7,14H,4-6,22H2,1-3H3. The van der Waals surface area contributed by atoms with Gasteiger partial charge in [0.2, 0.25) is 0 Å². The van der Waals surface area contributed by atoms with Crippen molar-refractivity contribution in [2.45, 2.75) is 39.3 Å². The molecule has 10 heteroatoms. The van der Waals surface area contributed by atoms with Gasteiger partial charge in [0.25, 0.3) is 6.43 Å². The van der Waals surface area contributed by atoms with Crippen molar-refractivity contribution in [1.29, 1.82) is 0 Å². The van der Waals surface area contributed by atoms with Crippen LogP contribution in [-0.4, -0.2) is 29.5 Å². The molecule has 0 saturated heterocycles. The maximum absolute atomic E-state index is 13.5. The van der Waals surface area contributed by atoms with Crippen molar-refractivity contribution in [3.8, 4) is 0 Å². The Labute approximate surface area is 152 Å². The van der Waals surface area contributed by atoms with E-state index in [1.54, 1.807) is 13.8 Å². The second-order valence-corrected chi connectivity index (χ2v) is 6.42. The number of hydrogen-bond acceptors (Lipinski definition) is 5. The van der Waals surface area contributed by atoms with E-state index in [-0.39, 0.29) is 35.7 Å². The predicted octanol–water partition coefficient (Wildman–Crippen LogP) is 4.09. The number of hydrogen-bond donors (Lipinski definition) is 1. The average molecular weight is 398 g/mol. The Bertz CT molecular complexity index is 690. The fourth-order valence-electron chi connectivity index (χ4n) is 2.52. The second kappa shape index (κ2) is 8.81. The third-order valence-corrected chi connectivity index (χ3v) is 3.86. The maximum atomic E-state index is 13.5. The molecule has 0 fully saturated rings. The Hall–Kier alpha value is -1.68. The lowest BCUT2D eigenvalue weighted by Gasteiger charge is -2.22. The Morgan fingerprint density at radius 2 is 1.85 bits per heavy atom. The van der Waals surface area contributed by atoms with Gasteiger partial charge in [0.15, 0.2) is 5.69 Å². The number of esters is 1. The average Bonchev–Trinajstić information content (AvgIpc) is 2.51. The molecule has 26 heavy (non-hydrogen) atoms. The third kappa shape index (κ3) is 4.94. The molecule has 0 aliphatic heterocycles. The summed E-state index contributed by atoms with van der Waals surface area (Å²) in [5, 5.41) is 0. The molecule has 146 valence electrons. The highest BCUT2D eigenvalue weighted by atomic mass is 32.1. The molecular weight excluding hydrogens is 379 g/mol. The number of aromatic nitrogens is 1. The van der Waals surface area contributed by atoms with E-state index in [1.807, 2.05) is 0 Å². The largest absolute Gasteiger partial charge is 0.465 e. The highest BCUT2D eigenvalue weighted by Crippen LogP contribution is 2.38. The van der Waals surface area contributed by atoms with Crippen molar-refractivity contribution in [3.63, 3.8) is 0 Å². The van der Waals surface area contributed by atoms with Crippen LogP contribution in [0.1, 0.15) is 59.6 Å². The van der Waals surface area contributed by atoms with Gasteiger partial charge in [-0.05, 0) is 30.9 Å². The summed E-state index contributed by atoms with van der Waals surface area (Å²) >= 11 is 5.05. The van der Waals surface area contributed by atoms with Gasteiger partial charge in [-0.2, -0.15) is 13.2 Å². The molecule has 1 aromatic heterocycles. The fraction of sp³-hybridized carbons (Fsp3) is 0.562. The normalized spacial score (nSPS) is 12.0. The number of nitrogens with zero attached hydrogens (tertiary/aromatic N) is 1.